The smallest absolute Gasteiger partial charge is 0.273 e. The second-order valence-corrected chi connectivity index (χ2v) is 8.34. The SMILES string of the molecule is C/C=C/C(CCCCCCCCOS(=O)(=O)OC)S(=O)(=O)OC. The van der Waals surface area contributed by atoms with Crippen molar-refractivity contribution in [1.29, 1.82) is 0 Å². The van der Waals surface area contributed by atoms with Gasteiger partial charge in [0.2, 0.25) is 0 Å². The van der Waals surface area contributed by atoms with Crippen molar-refractivity contribution in [2.45, 2.75) is 57.1 Å². The zero-order valence-corrected chi connectivity index (χ0v) is 15.7. The highest BCUT2D eigenvalue weighted by molar-refractivity contribution is 7.87. The van der Waals surface area contributed by atoms with Gasteiger partial charge >= 0.3 is 10.4 Å². The van der Waals surface area contributed by atoms with E-state index in [-0.39, 0.29) is 6.61 Å². The highest BCUT2D eigenvalue weighted by atomic mass is 32.3. The molecular formula is C14H28O7S2. The number of hydrogen-bond donors (Lipinski definition) is 0. The van der Waals surface area contributed by atoms with Gasteiger partial charge in [-0.15, -0.1) is 0 Å². The van der Waals surface area contributed by atoms with Crippen LogP contribution in [0.2, 0.25) is 0 Å². The molecule has 0 fully saturated rings. The van der Waals surface area contributed by atoms with Crippen LogP contribution in [-0.2, 0) is 33.1 Å². The molecule has 0 spiro atoms. The van der Waals surface area contributed by atoms with E-state index in [0.29, 0.717) is 12.8 Å². The molecule has 23 heavy (non-hydrogen) atoms. The van der Waals surface area contributed by atoms with Crippen LogP contribution < -0.4 is 0 Å². The van der Waals surface area contributed by atoms with E-state index in [1.54, 1.807) is 19.1 Å². The molecule has 1 atom stereocenters. The number of rotatable bonds is 14. The molecule has 1 unspecified atom stereocenters. The number of allylic oxidation sites excluding steroid dienone is 1. The van der Waals surface area contributed by atoms with E-state index >= 15 is 0 Å². The molecule has 0 N–H and O–H groups in total. The second kappa shape index (κ2) is 12.0. The lowest BCUT2D eigenvalue weighted by molar-refractivity contribution is 0.238. The van der Waals surface area contributed by atoms with Crippen LogP contribution in [0.3, 0.4) is 0 Å². The van der Waals surface area contributed by atoms with Gasteiger partial charge in [-0.1, -0.05) is 44.3 Å². The Labute approximate surface area is 140 Å². The maximum Gasteiger partial charge on any atom is 0.399 e. The molecule has 0 aromatic rings. The molecule has 0 aliphatic carbocycles. The molecule has 0 heterocycles. The van der Waals surface area contributed by atoms with Gasteiger partial charge in [0.1, 0.15) is 5.25 Å². The minimum absolute atomic E-state index is 0.117. The number of hydrogen-bond acceptors (Lipinski definition) is 7. The van der Waals surface area contributed by atoms with Gasteiger partial charge in [0.05, 0.1) is 20.8 Å². The Hall–Kier alpha value is -0.480. The van der Waals surface area contributed by atoms with Crippen molar-refractivity contribution < 1.29 is 29.4 Å². The fraction of sp³-hybridized carbons (Fsp3) is 0.857. The lowest BCUT2D eigenvalue weighted by atomic mass is 10.1. The third kappa shape index (κ3) is 10.8. The van der Waals surface area contributed by atoms with Crippen molar-refractivity contribution in [3.8, 4) is 0 Å². The highest BCUT2D eigenvalue weighted by Gasteiger charge is 2.21. The minimum atomic E-state index is -3.83. The van der Waals surface area contributed by atoms with Crippen LogP contribution in [0.4, 0.5) is 0 Å². The third-order valence-electron chi connectivity index (χ3n) is 3.32. The molecule has 0 rings (SSSR count). The first-order valence-corrected chi connectivity index (χ1v) is 10.5. The summed E-state index contributed by atoms with van der Waals surface area (Å²) in [4.78, 5) is 0. The first-order valence-electron chi connectivity index (χ1n) is 7.66. The molecule has 0 amide bonds. The quantitative estimate of drug-likeness (QED) is 0.263. The summed E-state index contributed by atoms with van der Waals surface area (Å²) in [6, 6.07) is 0. The minimum Gasteiger partial charge on any atom is -0.273 e. The molecule has 7 nitrogen and oxygen atoms in total. The second-order valence-electron chi connectivity index (χ2n) is 5.03. The van der Waals surface area contributed by atoms with Gasteiger partial charge in [0.15, 0.2) is 0 Å². The van der Waals surface area contributed by atoms with Gasteiger partial charge in [-0.3, -0.25) is 8.37 Å². The first-order chi connectivity index (χ1) is 10.8. The van der Waals surface area contributed by atoms with Crippen molar-refractivity contribution in [1.82, 2.24) is 0 Å². The van der Waals surface area contributed by atoms with Crippen LogP contribution in [0.1, 0.15) is 51.9 Å². The lowest BCUT2D eigenvalue weighted by Gasteiger charge is -2.11. The summed E-state index contributed by atoms with van der Waals surface area (Å²) in [7, 11) is -5.11. The fourth-order valence-corrected chi connectivity index (χ4v) is 3.51. The van der Waals surface area contributed by atoms with Crippen molar-refractivity contribution >= 4 is 20.5 Å². The normalized spacial score (nSPS) is 14.4. The Kier molecular flexibility index (Phi) is 11.7. The molecule has 138 valence electrons. The van der Waals surface area contributed by atoms with E-state index in [4.69, 9.17) is 0 Å². The fourth-order valence-electron chi connectivity index (χ4n) is 2.04. The zero-order valence-electron chi connectivity index (χ0n) is 14.1. The summed E-state index contributed by atoms with van der Waals surface area (Å²) in [6.45, 7) is 1.90. The monoisotopic (exact) mass is 372 g/mol. The summed E-state index contributed by atoms with van der Waals surface area (Å²) in [5.41, 5.74) is 0. The Morgan fingerprint density at radius 3 is 1.96 bits per heavy atom. The largest absolute Gasteiger partial charge is 0.399 e. The van der Waals surface area contributed by atoms with Crippen molar-refractivity contribution in [2.75, 3.05) is 20.8 Å². The van der Waals surface area contributed by atoms with E-state index in [1.807, 2.05) is 0 Å². The summed E-state index contributed by atoms with van der Waals surface area (Å²) in [5.74, 6) is 0. The molecule has 0 saturated heterocycles. The van der Waals surface area contributed by atoms with Crippen molar-refractivity contribution in [3.05, 3.63) is 12.2 Å². The molecule has 0 aliphatic heterocycles. The maximum absolute atomic E-state index is 11.7. The average Bonchev–Trinajstić information content (AvgIpc) is 2.52. The standard InChI is InChI=1S/C14H28O7S2/c1-4-11-14(22(15,16)19-2)12-9-7-5-6-8-10-13-21-23(17,18)20-3/h4,11,14H,5-10,12-13H2,1-3H3/b11-4+. The van der Waals surface area contributed by atoms with Crippen LogP contribution in [0.25, 0.3) is 0 Å². The molecular weight excluding hydrogens is 344 g/mol. The van der Waals surface area contributed by atoms with Crippen molar-refractivity contribution in [3.63, 3.8) is 0 Å². The maximum atomic E-state index is 11.7. The Morgan fingerprint density at radius 2 is 1.43 bits per heavy atom. The third-order valence-corrected chi connectivity index (χ3v) is 5.79. The van der Waals surface area contributed by atoms with E-state index in [2.05, 4.69) is 12.5 Å². The topological polar surface area (TPSA) is 96.0 Å². The highest BCUT2D eigenvalue weighted by Crippen LogP contribution is 2.15. The average molecular weight is 373 g/mol. The Bertz CT molecular complexity index is 523. The molecule has 9 heteroatoms. The summed E-state index contributed by atoms with van der Waals surface area (Å²) >= 11 is 0. The van der Waals surface area contributed by atoms with Crippen LogP contribution in [0, 0.1) is 0 Å². The van der Waals surface area contributed by atoms with E-state index in [1.165, 1.54) is 7.11 Å². The molecule has 0 aromatic carbocycles. The van der Waals surface area contributed by atoms with Gasteiger partial charge in [-0.2, -0.15) is 16.8 Å². The summed E-state index contributed by atoms with van der Waals surface area (Å²) in [5, 5.41) is -0.592. The Balaban J connectivity index is 3.76. The van der Waals surface area contributed by atoms with E-state index in [9.17, 15) is 16.8 Å². The van der Waals surface area contributed by atoms with Gasteiger partial charge in [-0.25, -0.2) is 4.18 Å². The van der Waals surface area contributed by atoms with Crippen LogP contribution in [-0.4, -0.2) is 42.9 Å². The van der Waals surface area contributed by atoms with Gasteiger partial charge < -0.3 is 0 Å². The van der Waals surface area contributed by atoms with Gasteiger partial charge in [0.25, 0.3) is 10.1 Å². The van der Waals surface area contributed by atoms with Crippen LogP contribution in [0.5, 0.6) is 0 Å². The van der Waals surface area contributed by atoms with Crippen LogP contribution in [0.15, 0.2) is 12.2 Å². The molecule has 0 bridgehead atoms. The first kappa shape index (κ1) is 22.5. The molecule has 0 saturated carbocycles. The molecule has 0 aliphatic rings. The Morgan fingerprint density at radius 1 is 0.870 bits per heavy atom. The zero-order chi connectivity index (χ0) is 17.8. The predicted octanol–water partition coefficient (Wildman–Crippen LogP) is 2.55. The molecule has 0 radical (unpaired) electrons. The number of unbranched alkanes of at least 4 members (excludes halogenated alkanes) is 5. The lowest BCUT2D eigenvalue weighted by Crippen LogP contribution is -2.20. The predicted molar refractivity (Wildman–Crippen MR) is 88.7 cm³/mol. The summed E-state index contributed by atoms with van der Waals surface area (Å²) in [6.07, 6.45) is 9.03. The van der Waals surface area contributed by atoms with Crippen molar-refractivity contribution in [2.24, 2.45) is 0 Å². The van der Waals surface area contributed by atoms with E-state index in [0.717, 1.165) is 39.2 Å². The van der Waals surface area contributed by atoms with Gasteiger partial charge in [-0.05, 0) is 19.8 Å². The summed E-state index contributed by atoms with van der Waals surface area (Å²) < 4.78 is 58.4. The van der Waals surface area contributed by atoms with Gasteiger partial charge in [0, 0.05) is 0 Å². The molecule has 0 aromatic heterocycles. The van der Waals surface area contributed by atoms with Crippen LogP contribution >= 0.6 is 0 Å². The van der Waals surface area contributed by atoms with E-state index < -0.39 is 25.8 Å².